The van der Waals surface area contributed by atoms with Crippen LogP contribution < -0.4 is 11.1 Å². The van der Waals surface area contributed by atoms with Gasteiger partial charge in [0.05, 0.1) is 5.54 Å². The average Bonchev–Trinajstić information content (AvgIpc) is 2.27. The highest BCUT2D eigenvalue weighted by atomic mass is 16.1. The molecule has 0 aromatic heterocycles. The van der Waals surface area contributed by atoms with E-state index in [1.54, 1.807) is 0 Å². The average molecular weight is 234 g/mol. The van der Waals surface area contributed by atoms with Crippen molar-refractivity contribution in [1.82, 2.24) is 5.32 Å². The first-order valence-corrected chi connectivity index (χ1v) is 6.05. The molecule has 17 heavy (non-hydrogen) atoms. The number of primary amides is 1. The highest BCUT2D eigenvalue weighted by Gasteiger charge is 2.30. The molecule has 0 aliphatic heterocycles. The van der Waals surface area contributed by atoms with Gasteiger partial charge in [0.1, 0.15) is 0 Å². The normalized spacial score (nSPS) is 14.6. The van der Waals surface area contributed by atoms with Gasteiger partial charge in [-0.15, -0.1) is 0 Å². The van der Waals surface area contributed by atoms with Crippen LogP contribution in [0.5, 0.6) is 0 Å². The van der Waals surface area contributed by atoms with E-state index >= 15 is 0 Å². The third-order valence-electron chi connectivity index (χ3n) is 2.91. The van der Waals surface area contributed by atoms with E-state index in [1.807, 2.05) is 39.0 Å². The molecule has 3 nitrogen and oxygen atoms in total. The minimum atomic E-state index is -0.635. The van der Waals surface area contributed by atoms with Crippen molar-refractivity contribution in [3.8, 4) is 0 Å². The van der Waals surface area contributed by atoms with E-state index < -0.39 is 5.54 Å². The second-order valence-electron chi connectivity index (χ2n) is 4.98. The molecule has 0 radical (unpaired) electrons. The van der Waals surface area contributed by atoms with Gasteiger partial charge in [0.15, 0.2) is 0 Å². The summed E-state index contributed by atoms with van der Waals surface area (Å²) >= 11 is 0. The third kappa shape index (κ3) is 4.19. The van der Waals surface area contributed by atoms with Gasteiger partial charge in [-0.25, -0.2) is 0 Å². The molecule has 0 aliphatic carbocycles. The number of hydrogen-bond acceptors (Lipinski definition) is 2. The lowest BCUT2D eigenvalue weighted by Gasteiger charge is -2.29. The van der Waals surface area contributed by atoms with Crippen molar-refractivity contribution in [2.24, 2.45) is 5.73 Å². The van der Waals surface area contributed by atoms with Crippen molar-refractivity contribution in [1.29, 1.82) is 0 Å². The second-order valence-corrected chi connectivity index (χ2v) is 4.98. The molecule has 1 amide bonds. The first-order valence-electron chi connectivity index (χ1n) is 6.05. The minimum Gasteiger partial charge on any atom is -0.368 e. The molecule has 0 spiro atoms. The maximum absolute atomic E-state index is 11.5. The quantitative estimate of drug-likeness (QED) is 0.789. The minimum absolute atomic E-state index is 0.239. The maximum Gasteiger partial charge on any atom is 0.237 e. The Bertz CT molecular complexity index is 362. The lowest BCUT2D eigenvalue weighted by Crippen LogP contribution is -2.55. The van der Waals surface area contributed by atoms with Crippen LogP contribution in [0, 0.1) is 0 Å². The molecule has 1 rings (SSSR count). The van der Waals surface area contributed by atoms with Crippen molar-refractivity contribution in [2.75, 3.05) is 0 Å². The monoisotopic (exact) mass is 234 g/mol. The van der Waals surface area contributed by atoms with Crippen LogP contribution in [-0.4, -0.2) is 17.5 Å². The smallest absolute Gasteiger partial charge is 0.237 e. The molecule has 0 saturated carbocycles. The van der Waals surface area contributed by atoms with Crippen LogP contribution in [0.15, 0.2) is 30.3 Å². The fourth-order valence-corrected chi connectivity index (χ4v) is 1.94. The van der Waals surface area contributed by atoms with Gasteiger partial charge in [-0.1, -0.05) is 30.3 Å². The van der Waals surface area contributed by atoms with Gasteiger partial charge in [0, 0.05) is 6.04 Å². The molecule has 3 N–H and O–H groups in total. The predicted molar refractivity (Wildman–Crippen MR) is 70.6 cm³/mol. The topological polar surface area (TPSA) is 55.1 Å². The Morgan fingerprint density at radius 3 is 2.41 bits per heavy atom. The first-order chi connectivity index (χ1) is 7.94. The van der Waals surface area contributed by atoms with Gasteiger partial charge in [-0.05, 0) is 39.2 Å². The number of carbonyl (C=O) groups is 1. The van der Waals surface area contributed by atoms with Gasteiger partial charge in [-0.2, -0.15) is 0 Å². The Labute approximate surface area is 103 Å². The van der Waals surface area contributed by atoms with Crippen molar-refractivity contribution in [2.45, 2.75) is 45.2 Å². The van der Waals surface area contributed by atoms with Gasteiger partial charge < -0.3 is 11.1 Å². The van der Waals surface area contributed by atoms with Gasteiger partial charge >= 0.3 is 0 Å². The summed E-state index contributed by atoms with van der Waals surface area (Å²) in [5.41, 5.74) is 6.07. The number of carbonyl (C=O) groups excluding carboxylic acids is 1. The van der Waals surface area contributed by atoms with Crippen molar-refractivity contribution >= 4 is 5.91 Å². The number of aryl methyl sites for hydroxylation is 1. The van der Waals surface area contributed by atoms with E-state index in [9.17, 15) is 4.79 Å². The number of nitrogens with one attached hydrogen (secondary N) is 1. The van der Waals surface area contributed by atoms with Crippen molar-refractivity contribution in [3.63, 3.8) is 0 Å². The Hall–Kier alpha value is -1.35. The number of rotatable bonds is 6. The summed E-state index contributed by atoms with van der Waals surface area (Å²) in [6.07, 6.45) is 1.56. The zero-order chi connectivity index (χ0) is 12.9. The molecule has 0 aliphatic rings. The fraction of sp³-hybridized carbons (Fsp3) is 0.500. The van der Waals surface area contributed by atoms with Crippen LogP contribution in [0.25, 0.3) is 0 Å². The molecule has 0 fully saturated rings. The molecular weight excluding hydrogens is 212 g/mol. The molecule has 3 heteroatoms. The molecule has 1 unspecified atom stereocenters. The fourth-order valence-electron chi connectivity index (χ4n) is 1.94. The number of benzene rings is 1. The maximum atomic E-state index is 11.5. The third-order valence-corrected chi connectivity index (χ3v) is 2.91. The SMILES string of the molecule is CC(C)NC(C)(CCc1ccccc1)C(N)=O. The van der Waals surface area contributed by atoms with E-state index in [2.05, 4.69) is 17.4 Å². The van der Waals surface area contributed by atoms with E-state index in [0.717, 1.165) is 6.42 Å². The molecular formula is C14H22N2O. The summed E-state index contributed by atoms with van der Waals surface area (Å²) in [5.74, 6) is -0.290. The molecule has 94 valence electrons. The Balaban J connectivity index is 2.65. The number of hydrogen-bond donors (Lipinski definition) is 2. The Morgan fingerprint density at radius 2 is 1.94 bits per heavy atom. The standard InChI is InChI=1S/C14H22N2O/c1-11(2)16-14(3,13(15)17)10-9-12-7-5-4-6-8-12/h4-8,11,16H,9-10H2,1-3H3,(H2,15,17). The molecule has 0 saturated heterocycles. The van der Waals surface area contributed by atoms with E-state index in [-0.39, 0.29) is 11.9 Å². The van der Waals surface area contributed by atoms with Crippen LogP contribution in [0.4, 0.5) is 0 Å². The Kier molecular flexibility index (Phi) is 4.70. The summed E-state index contributed by atoms with van der Waals surface area (Å²) in [7, 11) is 0. The molecule has 0 bridgehead atoms. The van der Waals surface area contributed by atoms with Gasteiger partial charge in [0.25, 0.3) is 0 Å². The molecule has 0 heterocycles. The lowest BCUT2D eigenvalue weighted by molar-refractivity contribution is -0.124. The van der Waals surface area contributed by atoms with Gasteiger partial charge in [-0.3, -0.25) is 4.79 Å². The van der Waals surface area contributed by atoms with Gasteiger partial charge in [0.2, 0.25) is 5.91 Å². The van der Waals surface area contributed by atoms with E-state index in [0.29, 0.717) is 6.42 Å². The summed E-state index contributed by atoms with van der Waals surface area (Å²) in [4.78, 5) is 11.5. The predicted octanol–water partition coefficient (Wildman–Crippen LogP) is 1.86. The second kappa shape index (κ2) is 5.82. The summed E-state index contributed by atoms with van der Waals surface area (Å²) < 4.78 is 0. The van der Waals surface area contributed by atoms with Crippen molar-refractivity contribution < 1.29 is 4.79 Å². The van der Waals surface area contributed by atoms with Crippen LogP contribution in [0.1, 0.15) is 32.8 Å². The summed E-state index contributed by atoms with van der Waals surface area (Å²) in [6, 6.07) is 10.4. The summed E-state index contributed by atoms with van der Waals surface area (Å²) in [6.45, 7) is 5.91. The summed E-state index contributed by atoms with van der Waals surface area (Å²) in [5, 5.41) is 3.25. The largest absolute Gasteiger partial charge is 0.368 e. The number of nitrogens with two attached hydrogens (primary N) is 1. The Morgan fingerprint density at radius 1 is 1.35 bits per heavy atom. The molecule has 1 atom stereocenters. The van der Waals surface area contributed by atoms with Crippen LogP contribution >= 0.6 is 0 Å². The molecule has 1 aromatic rings. The lowest BCUT2D eigenvalue weighted by atomic mass is 9.91. The molecule has 1 aromatic carbocycles. The zero-order valence-corrected chi connectivity index (χ0v) is 10.9. The highest BCUT2D eigenvalue weighted by Crippen LogP contribution is 2.15. The van der Waals surface area contributed by atoms with Crippen LogP contribution in [0.2, 0.25) is 0 Å². The van der Waals surface area contributed by atoms with Crippen molar-refractivity contribution in [3.05, 3.63) is 35.9 Å². The first kappa shape index (κ1) is 13.7. The van der Waals surface area contributed by atoms with Crippen LogP contribution in [-0.2, 0) is 11.2 Å². The van der Waals surface area contributed by atoms with E-state index in [4.69, 9.17) is 5.73 Å². The highest BCUT2D eigenvalue weighted by molar-refractivity contribution is 5.84. The number of amides is 1. The van der Waals surface area contributed by atoms with Crippen LogP contribution in [0.3, 0.4) is 0 Å². The van der Waals surface area contributed by atoms with E-state index in [1.165, 1.54) is 5.56 Å². The zero-order valence-electron chi connectivity index (χ0n) is 10.9.